The second-order valence-corrected chi connectivity index (χ2v) is 3.84. The highest BCUT2D eigenvalue weighted by molar-refractivity contribution is 5.79. The molecule has 1 aromatic rings. The van der Waals surface area contributed by atoms with E-state index in [9.17, 15) is 4.79 Å². The Morgan fingerprint density at radius 3 is 2.76 bits per heavy atom. The number of ether oxygens (including phenoxy) is 1. The van der Waals surface area contributed by atoms with Crippen molar-refractivity contribution in [3.8, 4) is 5.75 Å². The average molecular weight is 237 g/mol. The van der Waals surface area contributed by atoms with Crippen molar-refractivity contribution in [1.82, 2.24) is 5.32 Å². The van der Waals surface area contributed by atoms with Gasteiger partial charge in [-0.25, -0.2) is 0 Å². The fourth-order valence-electron chi connectivity index (χ4n) is 1.58. The van der Waals surface area contributed by atoms with Gasteiger partial charge in [-0.1, -0.05) is 25.1 Å². The van der Waals surface area contributed by atoms with Crippen LogP contribution in [0.2, 0.25) is 0 Å². The molecule has 1 aromatic carbocycles. The van der Waals surface area contributed by atoms with Gasteiger partial charge in [0, 0.05) is 5.56 Å². The lowest BCUT2D eigenvalue weighted by Crippen LogP contribution is -2.37. The molecular formula is C13H19NO3. The zero-order chi connectivity index (χ0) is 12.7. The molecule has 0 saturated heterocycles. The molecule has 1 amide bonds. The number of aliphatic hydroxyl groups excluding tert-OH is 1. The Kier molecular flexibility index (Phi) is 5.49. The molecule has 0 aromatic heterocycles. The van der Waals surface area contributed by atoms with Gasteiger partial charge in [-0.2, -0.15) is 0 Å². The van der Waals surface area contributed by atoms with Gasteiger partial charge in [-0.3, -0.25) is 4.79 Å². The van der Waals surface area contributed by atoms with E-state index in [2.05, 4.69) is 5.32 Å². The monoisotopic (exact) mass is 237 g/mol. The quantitative estimate of drug-likeness (QED) is 0.779. The number of hydrogen-bond donors (Lipinski definition) is 2. The van der Waals surface area contributed by atoms with Gasteiger partial charge in [0.05, 0.1) is 26.2 Å². The topological polar surface area (TPSA) is 58.6 Å². The predicted molar refractivity (Wildman–Crippen MR) is 66.0 cm³/mol. The highest BCUT2D eigenvalue weighted by Gasteiger charge is 2.11. The zero-order valence-corrected chi connectivity index (χ0v) is 10.3. The van der Waals surface area contributed by atoms with E-state index in [4.69, 9.17) is 9.84 Å². The van der Waals surface area contributed by atoms with Gasteiger partial charge in [0.2, 0.25) is 5.91 Å². The van der Waals surface area contributed by atoms with Gasteiger partial charge < -0.3 is 15.2 Å². The molecule has 1 rings (SSSR count). The van der Waals surface area contributed by atoms with E-state index in [0.29, 0.717) is 12.2 Å². The standard InChI is InChI=1S/C13H19NO3/c1-3-11(9-15)14-13(16)8-10-6-4-5-7-12(10)17-2/h4-7,11,15H,3,8-9H2,1-2H3,(H,14,16)/t11-/m1/s1. The summed E-state index contributed by atoms with van der Waals surface area (Å²) in [5, 5.41) is 11.8. The fraction of sp³-hybridized carbons (Fsp3) is 0.462. The van der Waals surface area contributed by atoms with Crippen LogP contribution in [-0.2, 0) is 11.2 Å². The second kappa shape index (κ2) is 6.91. The Morgan fingerprint density at radius 1 is 1.47 bits per heavy atom. The third kappa shape index (κ3) is 4.07. The molecule has 0 radical (unpaired) electrons. The molecule has 2 N–H and O–H groups in total. The van der Waals surface area contributed by atoms with Crippen molar-refractivity contribution < 1.29 is 14.6 Å². The smallest absolute Gasteiger partial charge is 0.224 e. The van der Waals surface area contributed by atoms with E-state index in [-0.39, 0.29) is 25.0 Å². The lowest BCUT2D eigenvalue weighted by molar-refractivity contribution is -0.121. The Bertz CT molecular complexity index is 361. The molecule has 94 valence electrons. The summed E-state index contributed by atoms with van der Waals surface area (Å²) in [4.78, 5) is 11.7. The number of carbonyl (C=O) groups is 1. The predicted octanol–water partition coefficient (Wildman–Crippen LogP) is 1.12. The van der Waals surface area contributed by atoms with Crippen LogP contribution in [0.4, 0.5) is 0 Å². The Morgan fingerprint density at radius 2 is 2.18 bits per heavy atom. The fourth-order valence-corrected chi connectivity index (χ4v) is 1.58. The summed E-state index contributed by atoms with van der Waals surface area (Å²) in [6.07, 6.45) is 0.981. The van der Waals surface area contributed by atoms with E-state index in [1.165, 1.54) is 0 Å². The molecule has 0 bridgehead atoms. The molecule has 0 spiro atoms. The van der Waals surface area contributed by atoms with E-state index in [1.807, 2.05) is 31.2 Å². The van der Waals surface area contributed by atoms with Gasteiger partial charge in [0.15, 0.2) is 0 Å². The Hall–Kier alpha value is -1.55. The lowest BCUT2D eigenvalue weighted by atomic mass is 10.1. The molecule has 1 atom stereocenters. The van der Waals surface area contributed by atoms with Crippen LogP contribution < -0.4 is 10.1 Å². The number of hydrogen-bond acceptors (Lipinski definition) is 3. The van der Waals surface area contributed by atoms with Crippen LogP contribution in [-0.4, -0.2) is 30.8 Å². The SMILES string of the molecule is CC[C@H](CO)NC(=O)Cc1ccccc1OC. The van der Waals surface area contributed by atoms with E-state index < -0.39 is 0 Å². The number of amides is 1. The van der Waals surface area contributed by atoms with E-state index >= 15 is 0 Å². The van der Waals surface area contributed by atoms with Gasteiger partial charge in [0.1, 0.15) is 5.75 Å². The number of benzene rings is 1. The summed E-state index contributed by atoms with van der Waals surface area (Å²) >= 11 is 0. The Labute approximate surface area is 102 Å². The zero-order valence-electron chi connectivity index (χ0n) is 10.3. The van der Waals surface area contributed by atoms with Crippen molar-refractivity contribution in [1.29, 1.82) is 0 Å². The summed E-state index contributed by atoms with van der Waals surface area (Å²) < 4.78 is 5.17. The van der Waals surface area contributed by atoms with Crippen LogP contribution in [0.15, 0.2) is 24.3 Å². The maximum atomic E-state index is 11.7. The molecule has 0 saturated carbocycles. The van der Waals surface area contributed by atoms with Crippen LogP contribution in [0.25, 0.3) is 0 Å². The third-order valence-electron chi connectivity index (χ3n) is 2.62. The number of methoxy groups -OCH3 is 1. The highest BCUT2D eigenvalue weighted by Crippen LogP contribution is 2.17. The highest BCUT2D eigenvalue weighted by atomic mass is 16.5. The molecule has 4 nitrogen and oxygen atoms in total. The van der Waals surface area contributed by atoms with E-state index in [0.717, 1.165) is 5.56 Å². The van der Waals surface area contributed by atoms with Crippen LogP contribution in [0, 0.1) is 0 Å². The molecular weight excluding hydrogens is 218 g/mol. The van der Waals surface area contributed by atoms with Crippen molar-refractivity contribution in [3.05, 3.63) is 29.8 Å². The normalized spacial score (nSPS) is 11.9. The van der Waals surface area contributed by atoms with Crippen LogP contribution in [0.3, 0.4) is 0 Å². The number of nitrogens with one attached hydrogen (secondary N) is 1. The molecule has 0 fully saturated rings. The second-order valence-electron chi connectivity index (χ2n) is 3.84. The maximum absolute atomic E-state index is 11.7. The largest absolute Gasteiger partial charge is 0.496 e. The minimum absolute atomic E-state index is 0.0336. The minimum Gasteiger partial charge on any atom is -0.496 e. The first-order valence-corrected chi connectivity index (χ1v) is 5.73. The van der Waals surface area contributed by atoms with Crippen LogP contribution >= 0.6 is 0 Å². The van der Waals surface area contributed by atoms with Crippen molar-refractivity contribution >= 4 is 5.91 Å². The maximum Gasteiger partial charge on any atom is 0.224 e. The molecule has 17 heavy (non-hydrogen) atoms. The van der Waals surface area contributed by atoms with Crippen LogP contribution in [0.5, 0.6) is 5.75 Å². The number of aliphatic hydroxyl groups is 1. The molecule has 0 aliphatic rings. The summed E-state index contributed by atoms with van der Waals surface area (Å²) in [5.74, 6) is 0.607. The van der Waals surface area contributed by atoms with Crippen molar-refractivity contribution in [2.45, 2.75) is 25.8 Å². The van der Waals surface area contributed by atoms with Crippen molar-refractivity contribution in [2.75, 3.05) is 13.7 Å². The summed E-state index contributed by atoms with van der Waals surface area (Å²) in [6.45, 7) is 1.89. The molecule has 0 unspecified atom stereocenters. The number of carbonyl (C=O) groups excluding carboxylic acids is 1. The van der Waals surface area contributed by atoms with Crippen molar-refractivity contribution in [2.24, 2.45) is 0 Å². The number of para-hydroxylation sites is 1. The molecule has 0 heterocycles. The van der Waals surface area contributed by atoms with Gasteiger partial charge in [-0.15, -0.1) is 0 Å². The molecule has 4 heteroatoms. The van der Waals surface area contributed by atoms with Gasteiger partial charge in [0.25, 0.3) is 0 Å². The molecule has 0 aliphatic heterocycles. The van der Waals surface area contributed by atoms with Crippen LogP contribution in [0.1, 0.15) is 18.9 Å². The lowest BCUT2D eigenvalue weighted by Gasteiger charge is -2.14. The number of rotatable bonds is 6. The summed E-state index contributed by atoms with van der Waals surface area (Å²) in [7, 11) is 1.58. The Balaban J connectivity index is 2.61. The first kappa shape index (κ1) is 13.5. The van der Waals surface area contributed by atoms with Gasteiger partial charge >= 0.3 is 0 Å². The first-order chi connectivity index (χ1) is 8.21. The average Bonchev–Trinajstić information content (AvgIpc) is 2.36. The molecule has 0 aliphatic carbocycles. The summed E-state index contributed by atoms with van der Waals surface area (Å²) in [5.41, 5.74) is 0.847. The van der Waals surface area contributed by atoms with Crippen molar-refractivity contribution in [3.63, 3.8) is 0 Å². The first-order valence-electron chi connectivity index (χ1n) is 5.73. The minimum atomic E-state index is -0.169. The third-order valence-corrected chi connectivity index (χ3v) is 2.62. The van der Waals surface area contributed by atoms with E-state index in [1.54, 1.807) is 7.11 Å². The van der Waals surface area contributed by atoms with Gasteiger partial charge in [-0.05, 0) is 12.5 Å². The summed E-state index contributed by atoms with van der Waals surface area (Å²) in [6, 6.07) is 7.25.